The number of hydrogen-bond acceptors (Lipinski definition) is 4. The Morgan fingerprint density at radius 1 is 1.33 bits per heavy atom. The van der Waals surface area contributed by atoms with Crippen molar-refractivity contribution in [2.24, 2.45) is 5.73 Å². The van der Waals surface area contributed by atoms with Crippen molar-refractivity contribution in [3.8, 4) is 0 Å². The van der Waals surface area contributed by atoms with Crippen molar-refractivity contribution in [3.05, 3.63) is 23.8 Å². The summed E-state index contributed by atoms with van der Waals surface area (Å²) in [5.41, 5.74) is 12.7. The molecule has 0 radical (unpaired) electrons. The van der Waals surface area contributed by atoms with Gasteiger partial charge in [-0.05, 0) is 25.0 Å². The highest BCUT2D eigenvalue weighted by Gasteiger charge is 2.20. The van der Waals surface area contributed by atoms with Gasteiger partial charge >= 0.3 is 0 Å². The van der Waals surface area contributed by atoms with Gasteiger partial charge in [-0.25, -0.2) is 0 Å². The van der Waals surface area contributed by atoms with E-state index in [4.69, 9.17) is 11.5 Å². The van der Waals surface area contributed by atoms with Gasteiger partial charge in [-0.1, -0.05) is 6.07 Å². The van der Waals surface area contributed by atoms with E-state index in [1.807, 2.05) is 0 Å². The lowest BCUT2D eigenvalue weighted by atomic mass is 10.1. The summed E-state index contributed by atoms with van der Waals surface area (Å²) in [6, 6.07) is 5.29. The van der Waals surface area contributed by atoms with Crippen LogP contribution < -0.4 is 16.8 Å². The molecule has 5 nitrogen and oxygen atoms in total. The lowest BCUT2D eigenvalue weighted by Gasteiger charge is -2.25. The minimum absolute atomic E-state index is 0.200. The summed E-state index contributed by atoms with van der Waals surface area (Å²) >= 11 is 0. The fourth-order valence-electron chi connectivity index (χ4n) is 2.08. The van der Waals surface area contributed by atoms with Crippen molar-refractivity contribution < 1.29 is 9.00 Å². The normalized spacial score (nSPS) is 23.6. The molecule has 18 heavy (non-hydrogen) atoms. The third kappa shape index (κ3) is 2.81. The molecular weight excluding hydrogens is 250 g/mol. The van der Waals surface area contributed by atoms with E-state index in [0.717, 1.165) is 12.8 Å². The first-order valence-corrected chi connectivity index (χ1v) is 7.36. The van der Waals surface area contributed by atoms with Gasteiger partial charge in [0.1, 0.15) is 0 Å². The second kappa shape index (κ2) is 5.39. The quantitative estimate of drug-likeness (QED) is 0.702. The summed E-state index contributed by atoms with van der Waals surface area (Å²) in [5, 5.41) is 3.26. The van der Waals surface area contributed by atoms with Gasteiger partial charge in [-0.15, -0.1) is 0 Å². The Hall–Kier alpha value is -1.56. The zero-order valence-corrected chi connectivity index (χ0v) is 10.8. The van der Waals surface area contributed by atoms with Crippen molar-refractivity contribution in [3.63, 3.8) is 0 Å². The fraction of sp³-hybridized carbons (Fsp3) is 0.417. The minimum atomic E-state index is -0.701. The van der Waals surface area contributed by atoms with Crippen molar-refractivity contribution in [2.45, 2.75) is 18.9 Å². The van der Waals surface area contributed by atoms with E-state index in [-0.39, 0.29) is 6.04 Å². The van der Waals surface area contributed by atoms with E-state index in [0.29, 0.717) is 28.4 Å². The first-order chi connectivity index (χ1) is 8.58. The number of para-hydroxylation sites is 1. The van der Waals surface area contributed by atoms with Crippen LogP contribution in [0.2, 0.25) is 0 Å². The molecule has 0 atom stereocenters. The molecule has 0 unspecified atom stereocenters. The largest absolute Gasteiger partial charge is 0.397 e. The smallest absolute Gasteiger partial charge is 0.250 e. The molecule has 98 valence electrons. The molecule has 1 heterocycles. The minimum Gasteiger partial charge on any atom is -0.397 e. The molecule has 1 aromatic carbocycles. The molecule has 0 aliphatic carbocycles. The highest BCUT2D eigenvalue weighted by molar-refractivity contribution is 7.85. The lowest BCUT2D eigenvalue weighted by Crippen LogP contribution is -2.30. The number of nitrogens with one attached hydrogen (secondary N) is 1. The Morgan fingerprint density at radius 3 is 2.61 bits per heavy atom. The summed E-state index contributed by atoms with van der Waals surface area (Å²) < 4.78 is 11.3. The van der Waals surface area contributed by atoms with Crippen molar-refractivity contribution in [1.82, 2.24) is 0 Å². The molecular formula is C12H17N3O2S. The van der Waals surface area contributed by atoms with Crippen LogP contribution in [0.3, 0.4) is 0 Å². The van der Waals surface area contributed by atoms with Crippen LogP contribution >= 0.6 is 0 Å². The molecule has 1 aliphatic rings. The fourth-order valence-corrected chi connectivity index (χ4v) is 3.38. The van der Waals surface area contributed by atoms with E-state index in [1.54, 1.807) is 18.2 Å². The SMILES string of the molecule is NC(=O)c1cccc(N)c1NC1CCS(=O)CC1. The molecule has 0 aromatic heterocycles. The van der Waals surface area contributed by atoms with Crippen LogP contribution in [0.4, 0.5) is 11.4 Å². The average Bonchev–Trinajstić information content (AvgIpc) is 2.34. The van der Waals surface area contributed by atoms with Gasteiger partial charge in [0.2, 0.25) is 0 Å². The van der Waals surface area contributed by atoms with E-state index >= 15 is 0 Å². The van der Waals surface area contributed by atoms with Crippen LogP contribution in [0.1, 0.15) is 23.2 Å². The third-order valence-corrected chi connectivity index (χ3v) is 4.48. The molecule has 0 saturated carbocycles. The van der Waals surface area contributed by atoms with Crippen LogP contribution in [0, 0.1) is 0 Å². The molecule has 1 aromatic rings. The predicted molar refractivity (Wildman–Crippen MR) is 73.9 cm³/mol. The molecule has 1 amide bonds. The first-order valence-electron chi connectivity index (χ1n) is 5.87. The number of hydrogen-bond donors (Lipinski definition) is 3. The Kier molecular flexibility index (Phi) is 3.86. The van der Waals surface area contributed by atoms with Crippen LogP contribution in [0.5, 0.6) is 0 Å². The highest BCUT2D eigenvalue weighted by Crippen LogP contribution is 2.26. The van der Waals surface area contributed by atoms with Crippen LogP contribution in [0.25, 0.3) is 0 Å². The van der Waals surface area contributed by atoms with Crippen LogP contribution in [-0.2, 0) is 10.8 Å². The summed E-state index contributed by atoms with van der Waals surface area (Å²) in [5.74, 6) is 0.885. The summed E-state index contributed by atoms with van der Waals surface area (Å²) in [6.45, 7) is 0. The first kappa shape index (κ1) is 12.9. The lowest BCUT2D eigenvalue weighted by molar-refractivity contribution is 0.100. The third-order valence-electron chi connectivity index (χ3n) is 3.10. The maximum atomic E-state index is 11.3. The molecule has 5 N–H and O–H groups in total. The molecule has 1 aliphatic heterocycles. The van der Waals surface area contributed by atoms with Crippen molar-refractivity contribution >= 4 is 28.1 Å². The Labute approximate surface area is 108 Å². The van der Waals surface area contributed by atoms with E-state index in [1.165, 1.54) is 0 Å². The molecule has 2 rings (SSSR count). The number of amides is 1. The Morgan fingerprint density at radius 2 is 2.00 bits per heavy atom. The predicted octanol–water partition coefficient (Wildman–Crippen LogP) is 0.691. The monoisotopic (exact) mass is 267 g/mol. The number of nitrogens with two attached hydrogens (primary N) is 2. The van der Waals surface area contributed by atoms with Crippen LogP contribution in [0.15, 0.2) is 18.2 Å². The number of carbonyl (C=O) groups is 1. The van der Waals surface area contributed by atoms with E-state index < -0.39 is 16.7 Å². The number of rotatable bonds is 3. The van der Waals surface area contributed by atoms with Crippen molar-refractivity contribution in [1.29, 1.82) is 0 Å². The summed E-state index contributed by atoms with van der Waals surface area (Å²) in [6.07, 6.45) is 1.64. The Balaban J connectivity index is 2.18. The molecule has 1 saturated heterocycles. The number of primary amides is 1. The molecule has 6 heteroatoms. The van der Waals surface area contributed by atoms with Gasteiger partial charge < -0.3 is 16.8 Å². The maximum absolute atomic E-state index is 11.3. The maximum Gasteiger partial charge on any atom is 0.250 e. The highest BCUT2D eigenvalue weighted by atomic mass is 32.2. The topological polar surface area (TPSA) is 98.2 Å². The van der Waals surface area contributed by atoms with Gasteiger partial charge in [0.25, 0.3) is 5.91 Å². The zero-order chi connectivity index (χ0) is 13.1. The molecule has 0 spiro atoms. The van der Waals surface area contributed by atoms with Gasteiger partial charge in [0, 0.05) is 28.3 Å². The number of anilines is 2. The van der Waals surface area contributed by atoms with Crippen molar-refractivity contribution in [2.75, 3.05) is 22.6 Å². The number of nitrogen functional groups attached to an aromatic ring is 1. The van der Waals surface area contributed by atoms with Gasteiger partial charge in [0.15, 0.2) is 0 Å². The van der Waals surface area contributed by atoms with Gasteiger partial charge in [-0.2, -0.15) is 0 Å². The zero-order valence-electron chi connectivity index (χ0n) is 10.0. The van der Waals surface area contributed by atoms with Gasteiger partial charge in [-0.3, -0.25) is 9.00 Å². The molecule has 1 fully saturated rings. The second-order valence-corrected chi connectivity index (χ2v) is 6.10. The van der Waals surface area contributed by atoms with E-state index in [9.17, 15) is 9.00 Å². The number of carbonyl (C=O) groups excluding carboxylic acids is 1. The standard InChI is InChI=1S/C12H17N3O2S/c13-10-3-1-2-9(12(14)16)11(10)15-8-4-6-18(17)7-5-8/h1-3,8,15H,4-7,13H2,(H2,14,16). The Bertz CT molecular complexity index is 480. The van der Waals surface area contributed by atoms with Gasteiger partial charge in [0.05, 0.1) is 16.9 Å². The second-order valence-electron chi connectivity index (χ2n) is 4.40. The summed E-state index contributed by atoms with van der Waals surface area (Å²) in [7, 11) is -0.701. The van der Waals surface area contributed by atoms with E-state index in [2.05, 4.69) is 5.32 Å². The van der Waals surface area contributed by atoms with Crippen LogP contribution in [-0.4, -0.2) is 27.7 Å². The average molecular weight is 267 g/mol. The summed E-state index contributed by atoms with van der Waals surface area (Å²) in [4.78, 5) is 11.3. The molecule has 0 bridgehead atoms. The number of benzene rings is 1.